The first-order valence-electron chi connectivity index (χ1n) is 6.21. The molecular formula is C12H22N4OSi. The molecule has 2 aliphatic rings. The van der Waals surface area contributed by atoms with Gasteiger partial charge >= 0.3 is 8.64 Å². The first-order valence-corrected chi connectivity index (χ1v) is 8.33. The maximum Gasteiger partial charge on any atom is 0.353 e. The molecule has 1 atom stereocenters. The zero-order valence-electron chi connectivity index (χ0n) is 11.2. The summed E-state index contributed by atoms with van der Waals surface area (Å²) in [7, 11) is 3.88. The maximum absolute atomic E-state index is 6.06. The standard InChI is InChI=1S/C12H22N4OSi/c1-13-12(11-7-5-4-6-8-16-11)9-17-18(10-12,14-2)15-3/h4-8,13-16H,9-10H2,1-3H3. The summed E-state index contributed by atoms with van der Waals surface area (Å²) in [4.78, 5) is 6.69. The summed E-state index contributed by atoms with van der Waals surface area (Å²) in [6, 6.07) is 0.935. The van der Waals surface area contributed by atoms with Crippen molar-refractivity contribution in [3.63, 3.8) is 0 Å². The van der Waals surface area contributed by atoms with E-state index < -0.39 is 8.64 Å². The largest absolute Gasteiger partial charge is 0.389 e. The van der Waals surface area contributed by atoms with Crippen molar-refractivity contribution in [1.82, 2.24) is 20.6 Å². The van der Waals surface area contributed by atoms with Gasteiger partial charge in [-0.15, -0.1) is 0 Å². The predicted octanol–water partition coefficient (Wildman–Crippen LogP) is -0.0905. The molecule has 2 aliphatic heterocycles. The van der Waals surface area contributed by atoms with Gasteiger partial charge in [0.2, 0.25) is 0 Å². The van der Waals surface area contributed by atoms with Crippen LogP contribution in [0.15, 0.2) is 36.2 Å². The Labute approximate surface area is 110 Å². The minimum atomic E-state index is -2.03. The van der Waals surface area contributed by atoms with Crippen molar-refractivity contribution in [2.45, 2.75) is 11.6 Å². The molecule has 0 aromatic rings. The molecule has 0 spiro atoms. The van der Waals surface area contributed by atoms with Gasteiger partial charge in [0.05, 0.1) is 12.1 Å². The average Bonchev–Trinajstić information content (AvgIpc) is 2.60. The van der Waals surface area contributed by atoms with Crippen molar-refractivity contribution in [1.29, 1.82) is 0 Å². The van der Waals surface area contributed by atoms with Crippen LogP contribution in [0.5, 0.6) is 0 Å². The molecule has 1 fully saturated rings. The first-order chi connectivity index (χ1) is 8.70. The van der Waals surface area contributed by atoms with Crippen LogP contribution in [0.1, 0.15) is 0 Å². The molecule has 0 amide bonds. The van der Waals surface area contributed by atoms with Gasteiger partial charge in [0, 0.05) is 17.9 Å². The quantitative estimate of drug-likeness (QED) is 0.536. The number of allylic oxidation sites excluding steroid dienone is 4. The molecule has 4 N–H and O–H groups in total. The van der Waals surface area contributed by atoms with Crippen molar-refractivity contribution >= 4 is 8.64 Å². The number of nitrogens with one attached hydrogen (secondary N) is 4. The first kappa shape index (κ1) is 13.5. The number of likely N-dealkylation sites (N-methyl/N-ethyl adjacent to an activating group) is 1. The topological polar surface area (TPSA) is 57.4 Å². The summed E-state index contributed by atoms with van der Waals surface area (Å²) in [6.07, 6.45) is 10.1. The van der Waals surface area contributed by atoms with Gasteiger partial charge in [-0.05, 0) is 33.3 Å². The van der Waals surface area contributed by atoms with Crippen LogP contribution in [0.2, 0.25) is 6.04 Å². The van der Waals surface area contributed by atoms with Gasteiger partial charge < -0.3 is 25.0 Å². The van der Waals surface area contributed by atoms with Gasteiger partial charge in [-0.1, -0.05) is 12.2 Å². The minimum absolute atomic E-state index is 0.155. The van der Waals surface area contributed by atoms with Crippen molar-refractivity contribution in [2.75, 3.05) is 27.7 Å². The SMILES string of the molecule is CNC1(C2=CC=CC=CN2)CO[Si](NC)(NC)C1. The van der Waals surface area contributed by atoms with Crippen molar-refractivity contribution in [3.05, 3.63) is 36.2 Å². The van der Waals surface area contributed by atoms with Crippen LogP contribution in [-0.4, -0.2) is 41.9 Å². The summed E-state index contributed by atoms with van der Waals surface area (Å²) in [6.45, 7) is 0.665. The predicted molar refractivity (Wildman–Crippen MR) is 75.9 cm³/mol. The van der Waals surface area contributed by atoms with Gasteiger partial charge in [0.1, 0.15) is 0 Å². The number of hydrogen-bond donors (Lipinski definition) is 4. The second kappa shape index (κ2) is 5.37. The zero-order chi connectivity index (χ0) is 13.1. The molecule has 0 aromatic heterocycles. The van der Waals surface area contributed by atoms with Crippen LogP contribution in [0, 0.1) is 0 Å². The normalized spacial score (nSPS) is 29.8. The molecule has 6 heteroatoms. The second-order valence-corrected chi connectivity index (χ2v) is 7.89. The number of hydrogen-bond acceptors (Lipinski definition) is 5. The summed E-state index contributed by atoms with van der Waals surface area (Å²) in [5.41, 5.74) is 0.993. The summed E-state index contributed by atoms with van der Waals surface area (Å²) >= 11 is 0. The Morgan fingerprint density at radius 1 is 1.22 bits per heavy atom. The molecule has 2 rings (SSSR count). The second-order valence-electron chi connectivity index (χ2n) is 4.59. The summed E-state index contributed by atoms with van der Waals surface area (Å²) in [5.74, 6) is 0. The van der Waals surface area contributed by atoms with Gasteiger partial charge in [-0.25, -0.2) is 0 Å². The molecule has 1 unspecified atom stereocenters. The van der Waals surface area contributed by atoms with Crippen LogP contribution in [0.4, 0.5) is 0 Å². The Morgan fingerprint density at radius 2 is 2.00 bits per heavy atom. The van der Waals surface area contributed by atoms with E-state index in [9.17, 15) is 0 Å². The minimum Gasteiger partial charge on any atom is -0.389 e. The summed E-state index contributed by atoms with van der Waals surface area (Å²) < 4.78 is 6.06. The van der Waals surface area contributed by atoms with Crippen LogP contribution < -0.4 is 20.6 Å². The third kappa shape index (κ3) is 2.30. The van der Waals surface area contributed by atoms with E-state index in [1.165, 1.54) is 0 Å². The Kier molecular flexibility index (Phi) is 4.03. The van der Waals surface area contributed by atoms with E-state index in [2.05, 4.69) is 26.7 Å². The molecule has 0 radical (unpaired) electrons. The highest BCUT2D eigenvalue weighted by atomic mass is 28.4. The van der Waals surface area contributed by atoms with E-state index in [4.69, 9.17) is 4.43 Å². The van der Waals surface area contributed by atoms with E-state index in [0.717, 1.165) is 11.7 Å². The lowest BCUT2D eigenvalue weighted by Crippen LogP contribution is -2.61. The third-order valence-corrected chi connectivity index (χ3v) is 7.09. The van der Waals surface area contributed by atoms with E-state index in [1.807, 2.05) is 45.6 Å². The lowest BCUT2D eigenvalue weighted by atomic mass is 9.98. The van der Waals surface area contributed by atoms with Crippen molar-refractivity contribution in [2.24, 2.45) is 0 Å². The van der Waals surface area contributed by atoms with Crippen LogP contribution in [0.25, 0.3) is 0 Å². The Hall–Kier alpha value is -0.923. The molecule has 0 aliphatic carbocycles. The third-order valence-electron chi connectivity index (χ3n) is 3.74. The number of rotatable bonds is 4. The van der Waals surface area contributed by atoms with E-state index in [-0.39, 0.29) is 5.54 Å². The molecule has 18 heavy (non-hydrogen) atoms. The van der Waals surface area contributed by atoms with E-state index >= 15 is 0 Å². The van der Waals surface area contributed by atoms with Gasteiger partial charge in [0.15, 0.2) is 0 Å². The Balaban J connectivity index is 2.25. The lowest BCUT2D eigenvalue weighted by Gasteiger charge is -2.31. The molecule has 0 bridgehead atoms. The molecule has 100 valence electrons. The Morgan fingerprint density at radius 3 is 2.61 bits per heavy atom. The van der Waals surface area contributed by atoms with Crippen LogP contribution in [-0.2, 0) is 4.43 Å². The summed E-state index contributed by atoms with van der Waals surface area (Å²) in [5, 5.41) is 6.77. The smallest absolute Gasteiger partial charge is 0.353 e. The molecule has 0 saturated carbocycles. The van der Waals surface area contributed by atoms with Gasteiger partial charge in [-0.2, -0.15) is 0 Å². The van der Waals surface area contributed by atoms with Gasteiger partial charge in [-0.3, -0.25) is 0 Å². The molecule has 2 heterocycles. The van der Waals surface area contributed by atoms with E-state index in [1.54, 1.807) is 0 Å². The lowest BCUT2D eigenvalue weighted by molar-refractivity contribution is 0.262. The Bertz CT molecular complexity index is 390. The van der Waals surface area contributed by atoms with Crippen LogP contribution >= 0.6 is 0 Å². The molecule has 0 aromatic carbocycles. The highest BCUT2D eigenvalue weighted by molar-refractivity contribution is 6.69. The van der Waals surface area contributed by atoms with Crippen molar-refractivity contribution < 1.29 is 4.43 Å². The fourth-order valence-electron chi connectivity index (χ4n) is 2.44. The van der Waals surface area contributed by atoms with Crippen molar-refractivity contribution in [3.8, 4) is 0 Å². The highest BCUT2D eigenvalue weighted by Gasteiger charge is 2.52. The fraction of sp³-hybridized carbons (Fsp3) is 0.500. The molecule has 1 saturated heterocycles. The monoisotopic (exact) mass is 266 g/mol. The van der Waals surface area contributed by atoms with E-state index in [0.29, 0.717) is 6.61 Å². The highest BCUT2D eigenvalue weighted by Crippen LogP contribution is 2.32. The molecule has 5 nitrogen and oxygen atoms in total. The fourth-order valence-corrected chi connectivity index (χ4v) is 5.25. The average molecular weight is 266 g/mol. The molecular weight excluding hydrogens is 244 g/mol. The van der Waals surface area contributed by atoms with Gasteiger partial charge in [0.25, 0.3) is 0 Å². The van der Waals surface area contributed by atoms with Crippen LogP contribution in [0.3, 0.4) is 0 Å². The maximum atomic E-state index is 6.06. The zero-order valence-corrected chi connectivity index (χ0v) is 12.2.